The minimum absolute atomic E-state index is 0.0703. The summed E-state index contributed by atoms with van der Waals surface area (Å²) in [6, 6.07) is 19.0. The standard InChI is InChI=1S/C22H21N3O5S/c26-22(16-18-8-5-7-17-6-1-2-9-19(17)18)23-12-14-24(15-13-23)31(29,30)21-11-4-3-10-20(21)25(27)28/h1-11H,12-16H2. The van der Waals surface area contributed by atoms with Gasteiger partial charge in [0.05, 0.1) is 11.3 Å². The minimum Gasteiger partial charge on any atom is -0.340 e. The number of amides is 1. The Morgan fingerprint density at radius 3 is 2.29 bits per heavy atom. The van der Waals surface area contributed by atoms with Crippen LogP contribution in [0.2, 0.25) is 0 Å². The Hall–Kier alpha value is -3.30. The number of nitro benzene ring substituents is 1. The molecule has 1 aliphatic rings. The fourth-order valence-corrected chi connectivity index (χ4v) is 5.44. The van der Waals surface area contributed by atoms with E-state index in [0.29, 0.717) is 0 Å². The molecule has 0 aromatic heterocycles. The zero-order valence-electron chi connectivity index (χ0n) is 16.7. The van der Waals surface area contributed by atoms with Crippen LogP contribution in [0.4, 0.5) is 5.69 Å². The summed E-state index contributed by atoms with van der Waals surface area (Å²) in [5.41, 5.74) is 0.482. The highest BCUT2D eigenvalue weighted by atomic mass is 32.2. The van der Waals surface area contributed by atoms with Gasteiger partial charge >= 0.3 is 0 Å². The van der Waals surface area contributed by atoms with E-state index in [4.69, 9.17) is 0 Å². The third-order valence-corrected chi connectivity index (χ3v) is 7.44. The number of piperazine rings is 1. The van der Waals surface area contributed by atoms with Gasteiger partial charge in [0.15, 0.2) is 4.90 Å². The van der Waals surface area contributed by atoms with Crippen LogP contribution in [0, 0.1) is 10.1 Å². The Bertz CT molecular complexity index is 1250. The molecule has 0 aliphatic carbocycles. The van der Waals surface area contributed by atoms with E-state index in [2.05, 4.69) is 0 Å². The summed E-state index contributed by atoms with van der Waals surface area (Å²) < 4.78 is 27.1. The van der Waals surface area contributed by atoms with Crippen LogP contribution >= 0.6 is 0 Å². The molecule has 4 rings (SSSR count). The smallest absolute Gasteiger partial charge is 0.289 e. The number of carbonyl (C=O) groups is 1. The summed E-state index contributed by atoms with van der Waals surface area (Å²) in [7, 11) is -4.02. The number of nitro groups is 1. The van der Waals surface area contributed by atoms with Crippen molar-refractivity contribution in [2.45, 2.75) is 11.3 Å². The van der Waals surface area contributed by atoms with Crippen LogP contribution in [0.1, 0.15) is 5.56 Å². The summed E-state index contributed by atoms with van der Waals surface area (Å²) in [5, 5.41) is 13.3. The highest BCUT2D eigenvalue weighted by molar-refractivity contribution is 7.89. The summed E-state index contributed by atoms with van der Waals surface area (Å²) in [4.78, 5) is 24.7. The minimum atomic E-state index is -4.02. The van der Waals surface area contributed by atoms with Gasteiger partial charge in [-0.25, -0.2) is 8.42 Å². The van der Waals surface area contributed by atoms with Crippen LogP contribution in [-0.4, -0.2) is 54.6 Å². The number of hydrogen-bond acceptors (Lipinski definition) is 5. The van der Waals surface area contributed by atoms with Crippen molar-refractivity contribution in [1.29, 1.82) is 0 Å². The van der Waals surface area contributed by atoms with Crippen LogP contribution in [0.3, 0.4) is 0 Å². The molecule has 0 bridgehead atoms. The Balaban J connectivity index is 1.46. The molecule has 8 nitrogen and oxygen atoms in total. The van der Waals surface area contributed by atoms with Gasteiger partial charge in [-0.15, -0.1) is 0 Å². The molecule has 1 amide bonds. The molecular formula is C22H21N3O5S. The van der Waals surface area contributed by atoms with Crippen LogP contribution in [0.15, 0.2) is 71.6 Å². The number of nitrogens with zero attached hydrogens (tertiary/aromatic N) is 3. The van der Waals surface area contributed by atoms with Crippen LogP contribution < -0.4 is 0 Å². The Morgan fingerprint density at radius 1 is 0.903 bits per heavy atom. The molecule has 1 saturated heterocycles. The molecule has 3 aromatic rings. The van der Waals surface area contributed by atoms with Crippen molar-refractivity contribution in [3.8, 4) is 0 Å². The van der Waals surface area contributed by atoms with Gasteiger partial charge < -0.3 is 4.90 Å². The summed E-state index contributed by atoms with van der Waals surface area (Å²) in [6.07, 6.45) is 0.234. The van der Waals surface area contributed by atoms with Crippen molar-refractivity contribution in [2.75, 3.05) is 26.2 Å². The molecule has 160 valence electrons. The van der Waals surface area contributed by atoms with Crippen molar-refractivity contribution in [3.63, 3.8) is 0 Å². The first-order chi connectivity index (χ1) is 14.9. The topological polar surface area (TPSA) is 101 Å². The lowest BCUT2D eigenvalue weighted by Gasteiger charge is -2.34. The maximum atomic E-state index is 12.9. The van der Waals surface area contributed by atoms with Gasteiger partial charge in [-0.1, -0.05) is 54.6 Å². The first kappa shape index (κ1) is 21.0. The van der Waals surface area contributed by atoms with Crippen LogP contribution in [0.5, 0.6) is 0 Å². The molecule has 1 heterocycles. The molecule has 0 N–H and O–H groups in total. The predicted molar refractivity (Wildman–Crippen MR) is 116 cm³/mol. The summed E-state index contributed by atoms with van der Waals surface area (Å²) >= 11 is 0. The lowest BCUT2D eigenvalue weighted by atomic mass is 10.0. The second-order valence-corrected chi connectivity index (χ2v) is 9.23. The van der Waals surface area contributed by atoms with Gasteiger partial charge in [-0.2, -0.15) is 4.31 Å². The lowest BCUT2D eigenvalue weighted by Crippen LogP contribution is -2.50. The van der Waals surface area contributed by atoms with Gasteiger partial charge in [0.25, 0.3) is 5.69 Å². The normalized spacial score (nSPS) is 15.2. The summed E-state index contributed by atoms with van der Waals surface area (Å²) in [6.45, 7) is 0.665. The van der Waals surface area contributed by atoms with E-state index in [1.54, 1.807) is 4.90 Å². The third kappa shape index (κ3) is 4.14. The van der Waals surface area contributed by atoms with Gasteiger partial charge in [0.2, 0.25) is 15.9 Å². The van der Waals surface area contributed by atoms with Gasteiger partial charge in [0.1, 0.15) is 0 Å². The average molecular weight is 439 g/mol. The van der Waals surface area contributed by atoms with E-state index in [-0.39, 0.29) is 43.4 Å². The van der Waals surface area contributed by atoms with Crippen LogP contribution in [-0.2, 0) is 21.2 Å². The van der Waals surface area contributed by atoms with E-state index in [1.165, 1.54) is 28.6 Å². The molecule has 0 spiro atoms. The number of carbonyl (C=O) groups excluding carboxylic acids is 1. The van der Waals surface area contributed by atoms with Gasteiger partial charge in [-0.3, -0.25) is 14.9 Å². The number of hydrogen-bond donors (Lipinski definition) is 0. The Morgan fingerprint density at radius 2 is 1.55 bits per heavy atom. The van der Waals surface area contributed by atoms with Crippen molar-refractivity contribution >= 4 is 32.4 Å². The molecule has 1 aliphatic heterocycles. The van der Waals surface area contributed by atoms with Crippen molar-refractivity contribution in [3.05, 3.63) is 82.4 Å². The monoisotopic (exact) mass is 439 g/mol. The van der Waals surface area contributed by atoms with E-state index in [0.717, 1.165) is 16.3 Å². The van der Waals surface area contributed by atoms with Crippen LogP contribution in [0.25, 0.3) is 10.8 Å². The van der Waals surface area contributed by atoms with Crippen molar-refractivity contribution in [1.82, 2.24) is 9.21 Å². The molecular weight excluding hydrogens is 418 g/mol. The first-order valence-corrected chi connectivity index (χ1v) is 11.3. The van der Waals surface area contributed by atoms with E-state index >= 15 is 0 Å². The maximum absolute atomic E-state index is 12.9. The highest BCUT2D eigenvalue weighted by Gasteiger charge is 2.34. The number of sulfonamides is 1. The lowest BCUT2D eigenvalue weighted by molar-refractivity contribution is -0.387. The third-order valence-electron chi connectivity index (χ3n) is 5.49. The van der Waals surface area contributed by atoms with Gasteiger partial charge in [0, 0.05) is 32.2 Å². The molecule has 3 aromatic carbocycles. The fourth-order valence-electron chi connectivity index (χ4n) is 3.86. The molecule has 0 radical (unpaired) electrons. The zero-order chi connectivity index (χ0) is 22.0. The van der Waals surface area contributed by atoms with E-state index < -0.39 is 20.6 Å². The maximum Gasteiger partial charge on any atom is 0.289 e. The number of fused-ring (bicyclic) bond motifs is 1. The van der Waals surface area contributed by atoms with Gasteiger partial charge in [-0.05, 0) is 22.4 Å². The quantitative estimate of drug-likeness (QED) is 0.449. The average Bonchev–Trinajstić information content (AvgIpc) is 2.79. The predicted octanol–water partition coefficient (Wildman–Crippen LogP) is 2.82. The highest BCUT2D eigenvalue weighted by Crippen LogP contribution is 2.27. The molecule has 0 atom stereocenters. The fraction of sp³-hybridized carbons (Fsp3) is 0.227. The Kier molecular flexibility index (Phi) is 5.71. The summed E-state index contributed by atoms with van der Waals surface area (Å²) in [5.74, 6) is -0.0703. The second-order valence-electron chi connectivity index (χ2n) is 7.32. The van der Waals surface area contributed by atoms with E-state index in [1.807, 2.05) is 42.5 Å². The zero-order valence-corrected chi connectivity index (χ0v) is 17.5. The molecule has 0 unspecified atom stereocenters. The number of benzene rings is 3. The Labute approximate surface area is 179 Å². The van der Waals surface area contributed by atoms with Crippen molar-refractivity contribution in [2.24, 2.45) is 0 Å². The number of para-hydroxylation sites is 1. The second kappa shape index (κ2) is 8.44. The largest absolute Gasteiger partial charge is 0.340 e. The first-order valence-electron chi connectivity index (χ1n) is 9.86. The SMILES string of the molecule is O=C(Cc1cccc2ccccc12)N1CCN(S(=O)(=O)c2ccccc2[N+](=O)[O-])CC1. The molecule has 9 heteroatoms. The van der Waals surface area contributed by atoms with Crippen molar-refractivity contribution < 1.29 is 18.1 Å². The number of rotatable bonds is 5. The van der Waals surface area contributed by atoms with E-state index in [9.17, 15) is 23.3 Å². The molecule has 1 fully saturated rings. The molecule has 0 saturated carbocycles. The molecule has 31 heavy (non-hydrogen) atoms.